The number of aryl methyl sites for hydroxylation is 1. The third kappa shape index (κ3) is 6.31. The largest absolute Gasteiger partial charge is 0.375 e. The molecule has 1 aromatic heterocycles. The molecule has 0 radical (unpaired) electrons. The van der Waals surface area contributed by atoms with Gasteiger partial charge in [-0.15, -0.1) is 0 Å². The van der Waals surface area contributed by atoms with Crippen molar-refractivity contribution in [3.05, 3.63) is 89.6 Å². The van der Waals surface area contributed by atoms with E-state index in [0.717, 1.165) is 42.7 Å². The van der Waals surface area contributed by atoms with Gasteiger partial charge in [-0.05, 0) is 43.2 Å². The summed E-state index contributed by atoms with van der Waals surface area (Å²) in [6.45, 7) is 7.94. The number of nitrogens with zero attached hydrogens (tertiary/aromatic N) is 3. The van der Waals surface area contributed by atoms with Gasteiger partial charge < -0.3 is 20.3 Å². The van der Waals surface area contributed by atoms with Crippen LogP contribution < -0.4 is 15.5 Å². The van der Waals surface area contributed by atoms with Gasteiger partial charge in [-0.3, -0.25) is 0 Å². The van der Waals surface area contributed by atoms with Gasteiger partial charge in [0.1, 0.15) is 5.82 Å². The predicted octanol–water partition coefficient (Wildman–Crippen LogP) is 4.37. The van der Waals surface area contributed by atoms with Crippen molar-refractivity contribution in [2.24, 2.45) is 4.99 Å². The minimum Gasteiger partial charge on any atom is -0.375 e. The second kappa shape index (κ2) is 10.8. The first kappa shape index (κ1) is 21.8. The van der Waals surface area contributed by atoms with E-state index in [1.165, 1.54) is 11.1 Å². The Morgan fingerprint density at radius 3 is 2.56 bits per heavy atom. The third-order valence-electron chi connectivity index (χ3n) is 5.41. The molecule has 1 fully saturated rings. The molecule has 2 N–H and O–H groups in total. The number of aromatic nitrogens is 1. The number of nitrogens with one attached hydrogen (secondary N) is 2. The average Bonchev–Trinajstić information content (AvgIpc) is 2.83. The Morgan fingerprint density at radius 2 is 1.84 bits per heavy atom. The number of ether oxygens (including phenoxy) is 1. The highest BCUT2D eigenvalue weighted by atomic mass is 16.5. The number of rotatable bonds is 6. The van der Waals surface area contributed by atoms with Crippen molar-refractivity contribution in [3.8, 4) is 0 Å². The van der Waals surface area contributed by atoms with Crippen molar-refractivity contribution in [1.82, 2.24) is 10.3 Å². The smallest absolute Gasteiger partial charge is 0.196 e. The number of para-hydroxylation sites is 1. The molecule has 1 aliphatic rings. The van der Waals surface area contributed by atoms with Crippen LogP contribution in [0.3, 0.4) is 0 Å². The van der Waals surface area contributed by atoms with Crippen LogP contribution >= 0.6 is 0 Å². The lowest BCUT2D eigenvalue weighted by Gasteiger charge is -2.32. The van der Waals surface area contributed by atoms with E-state index in [0.29, 0.717) is 13.1 Å². The molecule has 2 heterocycles. The van der Waals surface area contributed by atoms with Crippen LogP contribution in [0, 0.1) is 6.92 Å². The predicted molar refractivity (Wildman–Crippen MR) is 131 cm³/mol. The van der Waals surface area contributed by atoms with Crippen molar-refractivity contribution in [2.45, 2.75) is 33.0 Å². The molecule has 0 saturated carbocycles. The second-order valence-electron chi connectivity index (χ2n) is 8.15. The monoisotopic (exact) mass is 429 g/mol. The molecule has 0 amide bonds. The summed E-state index contributed by atoms with van der Waals surface area (Å²) in [4.78, 5) is 11.7. The molecule has 2 aromatic carbocycles. The van der Waals surface area contributed by atoms with E-state index in [4.69, 9.17) is 9.73 Å². The molecule has 4 rings (SSSR count). The van der Waals surface area contributed by atoms with E-state index in [9.17, 15) is 0 Å². The molecular weight excluding hydrogens is 398 g/mol. The molecule has 0 bridgehead atoms. The van der Waals surface area contributed by atoms with Gasteiger partial charge in [0.25, 0.3) is 0 Å². The fourth-order valence-electron chi connectivity index (χ4n) is 3.58. The fraction of sp³-hybridized carbons (Fsp3) is 0.308. The number of benzene rings is 2. The molecule has 166 valence electrons. The number of anilines is 2. The van der Waals surface area contributed by atoms with Crippen LogP contribution in [-0.2, 0) is 17.8 Å². The van der Waals surface area contributed by atoms with Crippen LogP contribution in [-0.4, -0.2) is 36.7 Å². The molecular formula is C26H31N5O. The van der Waals surface area contributed by atoms with Crippen molar-refractivity contribution >= 4 is 17.5 Å². The van der Waals surface area contributed by atoms with Crippen molar-refractivity contribution in [1.29, 1.82) is 0 Å². The highest BCUT2D eigenvalue weighted by Gasteiger charge is 2.17. The zero-order valence-corrected chi connectivity index (χ0v) is 18.8. The quantitative estimate of drug-likeness (QED) is 0.450. The van der Waals surface area contributed by atoms with E-state index in [1.54, 1.807) is 0 Å². The number of aliphatic imine (C=N–C) groups is 1. The Balaban J connectivity index is 1.42. The number of pyridine rings is 1. The molecule has 0 spiro atoms. The van der Waals surface area contributed by atoms with Gasteiger partial charge in [0, 0.05) is 31.5 Å². The van der Waals surface area contributed by atoms with E-state index in [1.807, 2.05) is 36.5 Å². The Kier molecular flexibility index (Phi) is 7.35. The van der Waals surface area contributed by atoms with Crippen LogP contribution in [0.2, 0.25) is 0 Å². The van der Waals surface area contributed by atoms with Crippen LogP contribution in [0.15, 0.2) is 77.9 Å². The number of morpholine rings is 1. The first-order valence-electron chi connectivity index (χ1n) is 11.1. The highest BCUT2D eigenvalue weighted by molar-refractivity contribution is 5.93. The summed E-state index contributed by atoms with van der Waals surface area (Å²) >= 11 is 0. The average molecular weight is 430 g/mol. The van der Waals surface area contributed by atoms with E-state index < -0.39 is 0 Å². The topological polar surface area (TPSA) is 61.8 Å². The maximum absolute atomic E-state index is 5.63. The minimum absolute atomic E-state index is 0.237. The summed E-state index contributed by atoms with van der Waals surface area (Å²) in [5.74, 6) is 1.73. The minimum atomic E-state index is 0.237. The Bertz CT molecular complexity index is 1000. The molecule has 32 heavy (non-hydrogen) atoms. The lowest BCUT2D eigenvalue weighted by atomic mass is 10.1. The van der Waals surface area contributed by atoms with E-state index >= 15 is 0 Å². The summed E-state index contributed by atoms with van der Waals surface area (Å²) in [7, 11) is 0. The summed E-state index contributed by atoms with van der Waals surface area (Å²) in [6.07, 6.45) is 2.15. The molecule has 1 aliphatic heterocycles. The van der Waals surface area contributed by atoms with Gasteiger partial charge in [-0.1, -0.05) is 54.1 Å². The van der Waals surface area contributed by atoms with Gasteiger partial charge in [0.2, 0.25) is 0 Å². The van der Waals surface area contributed by atoms with Crippen molar-refractivity contribution in [3.63, 3.8) is 0 Å². The summed E-state index contributed by atoms with van der Waals surface area (Å²) in [6, 6.07) is 22.8. The van der Waals surface area contributed by atoms with Crippen LogP contribution in [0.5, 0.6) is 0 Å². The standard InChI is InChI=1S/C26H31N5O/c1-20-8-10-22(11-9-20)16-28-26(30-24-6-4-3-5-7-24)29-18-23-12-13-25(27-17-23)31-14-15-32-21(2)19-31/h3-13,17,21H,14-16,18-19H2,1-2H3,(H2,28,29,30). The SMILES string of the molecule is Cc1ccc(CNC(=NCc2ccc(N3CCOC(C)C3)nc2)Nc2ccccc2)cc1. The summed E-state index contributed by atoms with van der Waals surface area (Å²) in [5, 5.41) is 6.83. The van der Waals surface area contributed by atoms with Crippen molar-refractivity contribution in [2.75, 3.05) is 29.9 Å². The summed E-state index contributed by atoms with van der Waals surface area (Å²) in [5.41, 5.74) is 4.54. The van der Waals surface area contributed by atoms with Crippen LogP contribution in [0.4, 0.5) is 11.5 Å². The third-order valence-corrected chi connectivity index (χ3v) is 5.41. The zero-order valence-electron chi connectivity index (χ0n) is 18.8. The Labute approximate surface area is 190 Å². The lowest BCUT2D eigenvalue weighted by molar-refractivity contribution is 0.0529. The van der Waals surface area contributed by atoms with Crippen LogP contribution in [0.25, 0.3) is 0 Å². The van der Waals surface area contributed by atoms with Gasteiger partial charge in [0.05, 0.1) is 19.3 Å². The van der Waals surface area contributed by atoms with Gasteiger partial charge in [-0.2, -0.15) is 0 Å². The highest BCUT2D eigenvalue weighted by Crippen LogP contribution is 2.16. The number of hydrogen-bond acceptors (Lipinski definition) is 4. The first-order valence-corrected chi connectivity index (χ1v) is 11.1. The lowest BCUT2D eigenvalue weighted by Crippen LogP contribution is -2.41. The summed E-state index contributed by atoms with van der Waals surface area (Å²) < 4.78 is 5.63. The number of guanidine groups is 1. The number of hydrogen-bond donors (Lipinski definition) is 2. The van der Waals surface area contributed by atoms with Crippen LogP contribution in [0.1, 0.15) is 23.6 Å². The van der Waals surface area contributed by atoms with E-state index in [-0.39, 0.29) is 6.10 Å². The normalized spacial score (nSPS) is 16.6. The van der Waals surface area contributed by atoms with Gasteiger partial charge in [0.15, 0.2) is 5.96 Å². The maximum Gasteiger partial charge on any atom is 0.196 e. The fourth-order valence-corrected chi connectivity index (χ4v) is 3.58. The van der Waals surface area contributed by atoms with Gasteiger partial charge >= 0.3 is 0 Å². The molecule has 3 aromatic rings. The Hall–Kier alpha value is -3.38. The second-order valence-corrected chi connectivity index (χ2v) is 8.15. The molecule has 6 nitrogen and oxygen atoms in total. The van der Waals surface area contributed by atoms with Crippen molar-refractivity contribution < 1.29 is 4.74 Å². The van der Waals surface area contributed by atoms with E-state index in [2.05, 4.69) is 70.8 Å². The first-order chi connectivity index (χ1) is 15.7. The molecule has 0 aliphatic carbocycles. The maximum atomic E-state index is 5.63. The molecule has 1 atom stereocenters. The molecule has 1 saturated heterocycles. The molecule has 1 unspecified atom stereocenters. The Morgan fingerprint density at radius 1 is 1.06 bits per heavy atom. The molecule has 6 heteroatoms. The van der Waals surface area contributed by atoms with Gasteiger partial charge in [-0.25, -0.2) is 9.98 Å². The zero-order chi connectivity index (χ0) is 22.2.